The van der Waals surface area contributed by atoms with Crippen LogP contribution >= 0.6 is 0 Å². The molecule has 1 aromatic rings. The van der Waals surface area contributed by atoms with Crippen molar-refractivity contribution in [2.75, 3.05) is 13.1 Å². The number of hydrogen-bond donors (Lipinski definition) is 2. The smallest absolute Gasteiger partial charge is 0.295 e. The van der Waals surface area contributed by atoms with Gasteiger partial charge in [0.05, 0.1) is 12.5 Å². The Labute approximate surface area is 113 Å². The third-order valence-electron chi connectivity index (χ3n) is 4.68. The zero-order valence-electron chi connectivity index (χ0n) is 11.0. The first-order valence-corrected chi connectivity index (χ1v) is 6.82. The number of nitrogens with one attached hydrogen (secondary N) is 2. The summed E-state index contributed by atoms with van der Waals surface area (Å²) in [7, 11) is 0. The van der Waals surface area contributed by atoms with Crippen molar-refractivity contribution in [3.8, 4) is 0 Å². The van der Waals surface area contributed by atoms with Crippen LogP contribution in [0.25, 0.3) is 0 Å². The molecule has 20 heavy (non-hydrogen) atoms. The molecule has 1 spiro atoms. The molecule has 0 aromatic carbocycles. The molecule has 2 N–H and O–H groups in total. The van der Waals surface area contributed by atoms with Gasteiger partial charge in [0.15, 0.2) is 0 Å². The van der Waals surface area contributed by atoms with E-state index in [0.29, 0.717) is 38.3 Å². The van der Waals surface area contributed by atoms with Gasteiger partial charge in [-0.2, -0.15) is 18.3 Å². The number of aromatic amines is 2. The quantitative estimate of drug-likeness (QED) is 0.870. The van der Waals surface area contributed by atoms with Crippen LogP contribution in [0.15, 0.2) is 4.79 Å². The molecule has 1 atom stereocenters. The molecular formula is C12H17F3N4O. The molecule has 0 radical (unpaired) electrons. The van der Waals surface area contributed by atoms with E-state index in [1.807, 2.05) is 4.90 Å². The Morgan fingerprint density at radius 1 is 1.40 bits per heavy atom. The number of likely N-dealkylation sites (tertiary alicyclic amines) is 1. The fourth-order valence-electron chi connectivity index (χ4n) is 3.63. The van der Waals surface area contributed by atoms with Crippen LogP contribution in [0.4, 0.5) is 13.2 Å². The molecule has 1 aliphatic heterocycles. The van der Waals surface area contributed by atoms with Crippen molar-refractivity contribution < 1.29 is 13.2 Å². The molecule has 1 aromatic heterocycles. The minimum atomic E-state index is -4.10. The fourth-order valence-corrected chi connectivity index (χ4v) is 3.63. The molecule has 1 aliphatic carbocycles. The van der Waals surface area contributed by atoms with Crippen LogP contribution < -0.4 is 5.69 Å². The van der Waals surface area contributed by atoms with Gasteiger partial charge in [-0.1, -0.05) is 6.42 Å². The summed E-state index contributed by atoms with van der Waals surface area (Å²) in [5.41, 5.74) is -1.00. The van der Waals surface area contributed by atoms with E-state index in [0.717, 1.165) is 6.42 Å². The lowest BCUT2D eigenvalue weighted by Crippen LogP contribution is -2.56. The van der Waals surface area contributed by atoms with E-state index < -0.39 is 17.5 Å². The van der Waals surface area contributed by atoms with Crippen LogP contribution in [0.5, 0.6) is 0 Å². The highest BCUT2D eigenvalue weighted by Crippen LogP contribution is 2.56. The summed E-state index contributed by atoms with van der Waals surface area (Å²) in [4.78, 5) is 15.5. The molecule has 8 heteroatoms. The van der Waals surface area contributed by atoms with E-state index in [9.17, 15) is 18.0 Å². The summed E-state index contributed by atoms with van der Waals surface area (Å²) >= 11 is 0. The van der Waals surface area contributed by atoms with Gasteiger partial charge in [0.1, 0.15) is 5.82 Å². The lowest BCUT2D eigenvalue weighted by atomic mass is 9.58. The van der Waals surface area contributed by atoms with E-state index >= 15 is 0 Å². The molecule has 1 saturated heterocycles. The van der Waals surface area contributed by atoms with E-state index in [1.54, 1.807) is 0 Å². The number of halogens is 3. The first-order valence-electron chi connectivity index (χ1n) is 6.82. The van der Waals surface area contributed by atoms with Crippen LogP contribution in [0.3, 0.4) is 0 Å². The largest absolute Gasteiger partial charge is 0.392 e. The van der Waals surface area contributed by atoms with Crippen molar-refractivity contribution in [1.82, 2.24) is 20.1 Å². The summed E-state index contributed by atoms with van der Waals surface area (Å²) in [6.07, 6.45) is -1.81. The second kappa shape index (κ2) is 4.61. The highest BCUT2D eigenvalue weighted by molar-refractivity contribution is 5.01. The normalized spacial score (nSPS) is 26.6. The summed E-state index contributed by atoms with van der Waals surface area (Å²) < 4.78 is 39.4. The van der Waals surface area contributed by atoms with Gasteiger partial charge in [-0.3, -0.25) is 9.88 Å². The van der Waals surface area contributed by atoms with Gasteiger partial charge < -0.3 is 0 Å². The molecule has 2 fully saturated rings. The van der Waals surface area contributed by atoms with Crippen molar-refractivity contribution in [3.05, 3.63) is 16.3 Å². The number of nitrogens with zero attached hydrogens (tertiary/aromatic N) is 2. The van der Waals surface area contributed by atoms with E-state index in [-0.39, 0.29) is 12.1 Å². The molecule has 0 unspecified atom stereocenters. The first kappa shape index (κ1) is 13.7. The summed E-state index contributed by atoms with van der Waals surface area (Å²) in [6.45, 7) is 1.22. The molecule has 2 heterocycles. The van der Waals surface area contributed by atoms with Crippen LogP contribution in [0.1, 0.15) is 31.5 Å². The number of piperidine rings is 1. The number of alkyl halides is 3. The summed E-state index contributed by atoms with van der Waals surface area (Å²) in [5, 5.41) is 6.08. The third kappa shape index (κ3) is 2.36. The minimum absolute atomic E-state index is 0.137. The molecular weight excluding hydrogens is 273 g/mol. The van der Waals surface area contributed by atoms with E-state index in [4.69, 9.17) is 0 Å². The van der Waals surface area contributed by atoms with Crippen LogP contribution in [0.2, 0.25) is 0 Å². The van der Waals surface area contributed by atoms with Gasteiger partial charge in [0.2, 0.25) is 0 Å². The van der Waals surface area contributed by atoms with E-state index in [2.05, 4.69) is 15.2 Å². The van der Waals surface area contributed by atoms with Crippen LogP contribution in [-0.2, 0) is 6.54 Å². The maximum absolute atomic E-state index is 13.1. The summed E-state index contributed by atoms with van der Waals surface area (Å²) in [5.74, 6) is -0.701. The van der Waals surface area contributed by atoms with Crippen molar-refractivity contribution in [3.63, 3.8) is 0 Å². The van der Waals surface area contributed by atoms with Crippen molar-refractivity contribution in [1.29, 1.82) is 0 Å². The summed E-state index contributed by atoms with van der Waals surface area (Å²) in [6, 6.07) is 0. The molecule has 5 nitrogen and oxygen atoms in total. The SMILES string of the molecule is O=c1[nH]nc(CN2CC[C@@H](C(F)(F)F)C3(CCC3)C2)[nH]1. The maximum atomic E-state index is 13.1. The Morgan fingerprint density at radius 3 is 2.65 bits per heavy atom. The van der Waals surface area contributed by atoms with Gasteiger partial charge in [-0.15, -0.1) is 0 Å². The van der Waals surface area contributed by atoms with Gasteiger partial charge in [0, 0.05) is 6.54 Å². The Kier molecular flexibility index (Phi) is 3.15. The first-order chi connectivity index (χ1) is 9.39. The highest BCUT2D eigenvalue weighted by Gasteiger charge is 2.57. The number of aromatic nitrogens is 3. The molecule has 0 bridgehead atoms. The zero-order chi connectivity index (χ0) is 14.4. The molecule has 0 amide bonds. The standard InChI is InChI=1S/C12H17F3N4O/c13-12(14,15)8-2-5-19(7-11(8)3-1-4-11)6-9-16-10(20)18-17-9/h8H,1-7H2,(H2,16,17,18,20)/t8-/m1/s1. The van der Waals surface area contributed by atoms with E-state index in [1.165, 1.54) is 0 Å². The number of rotatable bonds is 2. The second-order valence-electron chi connectivity index (χ2n) is 5.93. The lowest BCUT2D eigenvalue weighted by Gasteiger charge is -2.54. The predicted octanol–water partition coefficient (Wildman–Crippen LogP) is 1.65. The minimum Gasteiger partial charge on any atom is -0.295 e. The molecule has 3 rings (SSSR count). The van der Waals surface area contributed by atoms with Gasteiger partial charge in [0.25, 0.3) is 0 Å². The Hall–Kier alpha value is -1.31. The van der Waals surface area contributed by atoms with Crippen molar-refractivity contribution >= 4 is 0 Å². The average Bonchev–Trinajstić information content (AvgIpc) is 2.71. The highest BCUT2D eigenvalue weighted by atomic mass is 19.4. The lowest BCUT2D eigenvalue weighted by molar-refractivity contribution is -0.238. The zero-order valence-corrected chi connectivity index (χ0v) is 11.0. The Balaban J connectivity index is 1.71. The molecule has 112 valence electrons. The number of hydrogen-bond acceptors (Lipinski definition) is 3. The second-order valence-corrected chi connectivity index (χ2v) is 5.93. The number of H-pyrrole nitrogens is 2. The topological polar surface area (TPSA) is 64.8 Å². The predicted molar refractivity (Wildman–Crippen MR) is 64.9 cm³/mol. The van der Waals surface area contributed by atoms with Crippen LogP contribution in [0, 0.1) is 11.3 Å². The maximum Gasteiger partial charge on any atom is 0.392 e. The van der Waals surface area contributed by atoms with Gasteiger partial charge in [-0.25, -0.2) is 9.89 Å². The monoisotopic (exact) mass is 290 g/mol. The van der Waals surface area contributed by atoms with Crippen molar-refractivity contribution in [2.45, 2.75) is 38.4 Å². The van der Waals surface area contributed by atoms with Crippen molar-refractivity contribution in [2.24, 2.45) is 11.3 Å². The van der Waals surface area contributed by atoms with Crippen LogP contribution in [-0.4, -0.2) is 39.3 Å². The average molecular weight is 290 g/mol. The fraction of sp³-hybridized carbons (Fsp3) is 0.833. The van der Waals surface area contributed by atoms with Gasteiger partial charge >= 0.3 is 11.9 Å². The Morgan fingerprint density at radius 2 is 2.15 bits per heavy atom. The third-order valence-corrected chi connectivity index (χ3v) is 4.68. The molecule has 1 saturated carbocycles. The van der Waals surface area contributed by atoms with Gasteiger partial charge in [-0.05, 0) is 31.2 Å². The Bertz CT molecular complexity index is 531. The molecule has 2 aliphatic rings.